The van der Waals surface area contributed by atoms with Crippen LogP contribution < -0.4 is 5.32 Å². The summed E-state index contributed by atoms with van der Waals surface area (Å²) in [7, 11) is -3.68. The zero-order valence-corrected chi connectivity index (χ0v) is 14.5. The molecule has 2 aromatic rings. The number of hydrogen-bond acceptors (Lipinski definition) is 5. The highest BCUT2D eigenvalue weighted by molar-refractivity contribution is 7.93. The first-order chi connectivity index (χ1) is 10.1. The molecule has 0 atom stereocenters. The lowest BCUT2D eigenvalue weighted by atomic mass is 10.1. The summed E-state index contributed by atoms with van der Waals surface area (Å²) in [5.74, 6) is -0.324. The first-order valence-corrected chi connectivity index (χ1v) is 9.00. The van der Waals surface area contributed by atoms with Crippen molar-refractivity contribution in [2.45, 2.75) is 42.5 Å². The van der Waals surface area contributed by atoms with E-state index in [9.17, 15) is 13.2 Å². The minimum atomic E-state index is -3.68. The van der Waals surface area contributed by atoms with Crippen LogP contribution in [0.5, 0.6) is 0 Å². The molecule has 118 valence electrons. The van der Waals surface area contributed by atoms with Gasteiger partial charge in [-0.05, 0) is 39.8 Å². The fourth-order valence-corrected chi connectivity index (χ4v) is 4.13. The maximum atomic E-state index is 12.5. The van der Waals surface area contributed by atoms with Crippen LogP contribution in [0.15, 0.2) is 39.7 Å². The highest BCUT2D eigenvalue weighted by Crippen LogP contribution is 2.25. The number of rotatable bonds is 3. The average molecular weight is 338 g/mol. The number of carbonyl (C=O) groups is 1. The molecule has 0 radical (unpaired) electrons. The second kappa shape index (κ2) is 5.81. The zero-order chi connectivity index (χ0) is 16.5. The fourth-order valence-electron chi connectivity index (χ4n) is 1.71. The van der Waals surface area contributed by atoms with E-state index in [4.69, 9.17) is 0 Å². The molecule has 0 spiro atoms. The number of nitrogens with one attached hydrogen (secondary N) is 1. The van der Waals surface area contributed by atoms with Gasteiger partial charge in [0.2, 0.25) is 14.2 Å². The van der Waals surface area contributed by atoms with Crippen molar-refractivity contribution in [2.24, 2.45) is 0 Å². The molecular weight excluding hydrogens is 320 g/mol. The Morgan fingerprint density at radius 3 is 2.32 bits per heavy atom. The molecule has 1 N–H and O–H groups in total. The second-order valence-corrected chi connectivity index (χ2v) is 9.17. The molecule has 0 unspecified atom stereocenters. The smallest absolute Gasteiger partial charge is 0.263 e. The van der Waals surface area contributed by atoms with Crippen LogP contribution in [0.1, 0.15) is 36.0 Å². The van der Waals surface area contributed by atoms with Crippen LogP contribution in [0.4, 0.5) is 0 Å². The van der Waals surface area contributed by atoms with Crippen molar-refractivity contribution in [1.82, 2.24) is 10.3 Å². The number of benzene rings is 1. The lowest BCUT2D eigenvalue weighted by molar-refractivity contribution is 0.0923. The Kier molecular flexibility index (Phi) is 4.39. The number of hydrogen-bond donors (Lipinski definition) is 1. The largest absolute Gasteiger partial charge is 0.347 e. The van der Waals surface area contributed by atoms with E-state index >= 15 is 0 Å². The van der Waals surface area contributed by atoms with Crippen molar-refractivity contribution in [3.05, 3.63) is 40.9 Å². The van der Waals surface area contributed by atoms with Crippen molar-refractivity contribution in [3.8, 4) is 0 Å². The average Bonchev–Trinajstić information content (AvgIpc) is 2.87. The minimum Gasteiger partial charge on any atom is -0.347 e. The number of carbonyl (C=O) groups excluding carboxylic acids is 1. The molecule has 7 heteroatoms. The van der Waals surface area contributed by atoms with Gasteiger partial charge < -0.3 is 5.32 Å². The molecule has 0 saturated heterocycles. The van der Waals surface area contributed by atoms with Crippen molar-refractivity contribution in [1.29, 1.82) is 0 Å². The lowest BCUT2D eigenvalue weighted by Gasteiger charge is -2.19. The van der Waals surface area contributed by atoms with Gasteiger partial charge in [0.25, 0.3) is 5.91 Å². The SMILES string of the molecule is Cc1ccc(S(=O)(=O)c2ncc(C(=O)NC(C)(C)C)s2)cc1. The predicted octanol–water partition coefficient (Wildman–Crippen LogP) is 2.81. The summed E-state index contributed by atoms with van der Waals surface area (Å²) in [5.41, 5.74) is 0.584. The highest BCUT2D eigenvalue weighted by atomic mass is 32.2. The number of sulfone groups is 1. The molecule has 0 aliphatic heterocycles. The fraction of sp³-hybridized carbons (Fsp3) is 0.333. The van der Waals surface area contributed by atoms with E-state index in [-0.39, 0.29) is 20.0 Å². The third-order valence-corrected chi connectivity index (χ3v) is 5.91. The summed E-state index contributed by atoms with van der Waals surface area (Å²) in [6.07, 6.45) is 1.30. The van der Waals surface area contributed by atoms with Crippen LogP contribution >= 0.6 is 11.3 Å². The van der Waals surface area contributed by atoms with Gasteiger partial charge in [-0.15, -0.1) is 0 Å². The summed E-state index contributed by atoms with van der Waals surface area (Å²) in [6, 6.07) is 6.54. The Labute approximate surface area is 134 Å². The predicted molar refractivity (Wildman–Crippen MR) is 86.0 cm³/mol. The van der Waals surface area contributed by atoms with Gasteiger partial charge in [-0.3, -0.25) is 4.79 Å². The molecule has 2 rings (SSSR count). The second-order valence-electron chi connectivity index (χ2n) is 6.01. The molecule has 1 amide bonds. The summed E-state index contributed by atoms with van der Waals surface area (Å²) < 4.78 is 24.9. The summed E-state index contributed by atoms with van der Waals surface area (Å²) in [5, 5.41) is 2.78. The number of aryl methyl sites for hydroxylation is 1. The number of nitrogens with zero attached hydrogens (tertiary/aromatic N) is 1. The molecule has 1 aromatic carbocycles. The molecule has 1 aromatic heterocycles. The Morgan fingerprint density at radius 1 is 1.18 bits per heavy atom. The van der Waals surface area contributed by atoms with Crippen LogP contribution in [0.2, 0.25) is 0 Å². The highest BCUT2D eigenvalue weighted by Gasteiger charge is 2.24. The summed E-state index contributed by atoms with van der Waals surface area (Å²) >= 11 is 0.877. The number of amides is 1. The molecule has 5 nitrogen and oxygen atoms in total. The maximum Gasteiger partial charge on any atom is 0.263 e. The molecule has 1 heterocycles. The van der Waals surface area contributed by atoms with Crippen LogP contribution in [-0.4, -0.2) is 24.8 Å². The molecular formula is C15H18N2O3S2. The van der Waals surface area contributed by atoms with Gasteiger partial charge in [-0.25, -0.2) is 13.4 Å². The number of aromatic nitrogens is 1. The van der Waals surface area contributed by atoms with Crippen LogP contribution in [0.3, 0.4) is 0 Å². The van der Waals surface area contributed by atoms with Gasteiger partial charge >= 0.3 is 0 Å². The lowest BCUT2D eigenvalue weighted by Crippen LogP contribution is -2.40. The Balaban J connectivity index is 2.31. The van der Waals surface area contributed by atoms with E-state index < -0.39 is 15.4 Å². The zero-order valence-electron chi connectivity index (χ0n) is 12.9. The first-order valence-electron chi connectivity index (χ1n) is 6.70. The molecule has 0 aliphatic carbocycles. The van der Waals surface area contributed by atoms with E-state index in [0.29, 0.717) is 0 Å². The molecule has 22 heavy (non-hydrogen) atoms. The Bertz CT molecular complexity index is 785. The Morgan fingerprint density at radius 2 is 1.77 bits per heavy atom. The summed E-state index contributed by atoms with van der Waals surface area (Å²) in [4.78, 5) is 16.4. The van der Waals surface area contributed by atoms with Crippen molar-refractivity contribution in [3.63, 3.8) is 0 Å². The standard InChI is InChI=1S/C15H18N2O3S2/c1-10-5-7-11(8-6-10)22(19,20)14-16-9-12(21-14)13(18)17-15(2,3)4/h5-9H,1-4H3,(H,17,18). The number of thiazole rings is 1. The van der Waals surface area contributed by atoms with Gasteiger partial charge in [-0.2, -0.15) is 0 Å². The van der Waals surface area contributed by atoms with Crippen molar-refractivity contribution in [2.75, 3.05) is 0 Å². The molecule has 0 bridgehead atoms. The van der Waals surface area contributed by atoms with Crippen molar-refractivity contribution >= 4 is 27.1 Å². The molecule has 0 aliphatic rings. The van der Waals surface area contributed by atoms with E-state index in [0.717, 1.165) is 16.9 Å². The first kappa shape index (κ1) is 16.6. The van der Waals surface area contributed by atoms with Crippen molar-refractivity contribution < 1.29 is 13.2 Å². The van der Waals surface area contributed by atoms with Gasteiger partial charge in [0.15, 0.2) is 0 Å². The maximum absolute atomic E-state index is 12.5. The summed E-state index contributed by atoms with van der Waals surface area (Å²) in [6.45, 7) is 7.45. The van der Waals surface area contributed by atoms with Gasteiger partial charge in [0.1, 0.15) is 4.88 Å². The van der Waals surface area contributed by atoms with E-state index in [1.807, 2.05) is 27.7 Å². The molecule has 0 saturated carbocycles. The minimum absolute atomic E-state index is 0.0737. The van der Waals surface area contributed by atoms with Crippen LogP contribution in [-0.2, 0) is 9.84 Å². The van der Waals surface area contributed by atoms with Gasteiger partial charge in [0.05, 0.1) is 11.1 Å². The normalized spacial score (nSPS) is 12.2. The van der Waals surface area contributed by atoms with Crippen LogP contribution in [0, 0.1) is 6.92 Å². The van der Waals surface area contributed by atoms with E-state index in [1.54, 1.807) is 24.3 Å². The third kappa shape index (κ3) is 3.72. The van der Waals surface area contributed by atoms with Gasteiger partial charge in [-0.1, -0.05) is 29.0 Å². The third-order valence-electron chi connectivity index (χ3n) is 2.76. The van der Waals surface area contributed by atoms with E-state index in [1.165, 1.54) is 6.20 Å². The topological polar surface area (TPSA) is 76.1 Å². The van der Waals surface area contributed by atoms with E-state index in [2.05, 4.69) is 10.3 Å². The molecule has 0 fully saturated rings. The van der Waals surface area contributed by atoms with Crippen LogP contribution in [0.25, 0.3) is 0 Å². The quantitative estimate of drug-likeness (QED) is 0.933. The monoisotopic (exact) mass is 338 g/mol. The van der Waals surface area contributed by atoms with Gasteiger partial charge in [0, 0.05) is 5.54 Å². The Hall–Kier alpha value is -1.73.